The van der Waals surface area contributed by atoms with Gasteiger partial charge in [0.15, 0.2) is 0 Å². The van der Waals surface area contributed by atoms with Crippen LogP contribution in [0.25, 0.3) is 0 Å². The molecule has 1 aromatic carbocycles. The third kappa shape index (κ3) is 4.11. The Morgan fingerprint density at radius 3 is 2.45 bits per heavy atom. The normalized spacial score (nSPS) is 21.7. The second kappa shape index (κ2) is 8.83. The SMILES string of the molecule is CC1=C(N2CCC3(CCCCC3)C2=O)COC1=O.NCCc1ccc2c(c1)COC2=O.[HH]. The summed E-state index contributed by atoms with van der Waals surface area (Å²) in [5.41, 5.74) is 9.56. The number of nitrogens with two attached hydrogens (primary N) is 1. The molecule has 0 bridgehead atoms. The van der Waals surface area contributed by atoms with Crippen molar-refractivity contribution in [1.29, 1.82) is 0 Å². The molecular formula is C24H32N2O5. The van der Waals surface area contributed by atoms with Gasteiger partial charge in [0.05, 0.1) is 22.2 Å². The highest BCUT2D eigenvalue weighted by Crippen LogP contribution is 2.46. The number of amides is 1. The summed E-state index contributed by atoms with van der Waals surface area (Å²) in [5, 5.41) is 0. The lowest BCUT2D eigenvalue weighted by molar-refractivity contribution is -0.138. The van der Waals surface area contributed by atoms with E-state index >= 15 is 0 Å². The van der Waals surface area contributed by atoms with Crippen molar-refractivity contribution in [2.75, 3.05) is 19.7 Å². The van der Waals surface area contributed by atoms with Crippen LogP contribution < -0.4 is 5.73 Å². The van der Waals surface area contributed by atoms with Gasteiger partial charge in [0.1, 0.15) is 13.2 Å². The van der Waals surface area contributed by atoms with Crippen molar-refractivity contribution in [3.63, 3.8) is 0 Å². The summed E-state index contributed by atoms with van der Waals surface area (Å²) in [6.45, 7) is 3.82. The molecule has 1 saturated carbocycles. The number of nitrogens with zero attached hydrogens (tertiary/aromatic N) is 1. The maximum Gasteiger partial charge on any atom is 0.338 e. The molecule has 3 heterocycles. The summed E-state index contributed by atoms with van der Waals surface area (Å²) < 4.78 is 9.89. The summed E-state index contributed by atoms with van der Waals surface area (Å²) in [6.07, 6.45) is 7.39. The van der Waals surface area contributed by atoms with E-state index in [9.17, 15) is 14.4 Å². The Labute approximate surface area is 184 Å². The Bertz CT molecular complexity index is 936. The van der Waals surface area contributed by atoms with E-state index in [-0.39, 0.29) is 31.3 Å². The minimum Gasteiger partial charge on any atom is -0.457 e. The number of esters is 2. The molecule has 4 aliphatic rings. The quantitative estimate of drug-likeness (QED) is 0.743. The highest BCUT2D eigenvalue weighted by atomic mass is 16.5. The van der Waals surface area contributed by atoms with E-state index in [1.807, 2.05) is 23.1 Å². The minimum absolute atomic E-state index is 0. The molecule has 0 radical (unpaired) electrons. The molecule has 31 heavy (non-hydrogen) atoms. The number of carbonyl (C=O) groups excluding carboxylic acids is 3. The Morgan fingerprint density at radius 2 is 1.77 bits per heavy atom. The van der Waals surface area contributed by atoms with Crippen molar-refractivity contribution in [1.82, 2.24) is 4.90 Å². The van der Waals surface area contributed by atoms with E-state index in [4.69, 9.17) is 15.2 Å². The molecule has 2 N–H and O–H groups in total. The van der Waals surface area contributed by atoms with E-state index in [0.29, 0.717) is 24.3 Å². The van der Waals surface area contributed by atoms with E-state index in [1.54, 1.807) is 6.92 Å². The molecule has 1 aliphatic carbocycles. The van der Waals surface area contributed by atoms with Crippen LogP contribution in [0.5, 0.6) is 0 Å². The second-order valence-electron chi connectivity index (χ2n) is 8.80. The zero-order valence-corrected chi connectivity index (χ0v) is 18.1. The highest BCUT2D eigenvalue weighted by molar-refractivity contribution is 5.94. The van der Waals surface area contributed by atoms with Crippen molar-refractivity contribution >= 4 is 17.8 Å². The van der Waals surface area contributed by atoms with Crippen LogP contribution in [0.4, 0.5) is 0 Å². The molecule has 5 rings (SSSR count). The average molecular weight is 429 g/mol. The monoisotopic (exact) mass is 428 g/mol. The summed E-state index contributed by atoms with van der Waals surface area (Å²) in [5.74, 6) is -0.258. The fourth-order valence-electron chi connectivity index (χ4n) is 5.03. The van der Waals surface area contributed by atoms with Crippen LogP contribution in [0.15, 0.2) is 29.5 Å². The van der Waals surface area contributed by atoms with Crippen LogP contribution in [-0.4, -0.2) is 42.4 Å². The van der Waals surface area contributed by atoms with Gasteiger partial charge in [0, 0.05) is 13.5 Å². The maximum atomic E-state index is 12.6. The molecule has 3 aliphatic heterocycles. The summed E-state index contributed by atoms with van der Waals surface area (Å²) in [6, 6.07) is 5.74. The van der Waals surface area contributed by atoms with Gasteiger partial charge in [-0.3, -0.25) is 4.79 Å². The predicted molar refractivity (Wildman–Crippen MR) is 116 cm³/mol. The second-order valence-corrected chi connectivity index (χ2v) is 8.80. The van der Waals surface area contributed by atoms with Gasteiger partial charge in [0.2, 0.25) is 5.91 Å². The van der Waals surface area contributed by atoms with E-state index in [1.165, 1.54) is 12.0 Å². The van der Waals surface area contributed by atoms with Crippen molar-refractivity contribution in [3.05, 3.63) is 46.2 Å². The number of rotatable bonds is 3. The highest BCUT2D eigenvalue weighted by Gasteiger charge is 2.48. The van der Waals surface area contributed by atoms with Crippen molar-refractivity contribution < 1.29 is 25.3 Å². The third-order valence-electron chi connectivity index (χ3n) is 6.91. The maximum absolute atomic E-state index is 12.6. The van der Waals surface area contributed by atoms with Crippen LogP contribution in [-0.2, 0) is 32.1 Å². The van der Waals surface area contributed by atoms with Gasteiger partial charge in [-0.15, -0.1) is 0 Å². The van der Waals surface area contributed by atoms with Gasteiger partial charge < -0.3 is 20.1 Å². The third-order valence-corrected chi connectivity index (χ3v) is 6.91. The molecule has 168 valence electrons. The number of carbonyl (C=O) groups is 3. The fourth-order valence-corrected chi connectivity index (χ4v) is 5.03. The van der Waals surface area contributed by atoms with Crippen molar-refractivity contribution in [3.8, 4) is 0 Å². The van der Waals surface area contributed by atoms with Crippen LogP contribution in [0, 0.1) is 5.41 Å². The van der Waals surface area contributed by atoms with Gasteiger partial charge in [-0.05, 0) is 50.8 Å². The lowest BCUT2D eigenvalue weighted by Crippen LogP contribution is -2.36. The van der Waals surface area contributed by atoms with E-state index in [2.05, 4.69) is 0 Å². The first-order chi connectivity index (χ1) is 14.9. The lowest BCUT2D eigenvalue weighted by atomic mass is 9.73. The molecule has 0 unspecified atom stereocenters. The Balaban J connectivity index is 0.000000184. The summed E-state index contributed by atoms with van der Waals surface area (Å²) in [4.78, 5) is 36.9. The molecule has 0 aromatic heterocycles. The van der Waals surface area contributed by atoms with E-state index < -0.39 is 0 Å². The van der Waals surface area contributed by atoms with Gasteiger partial charge in [-0.1, -0.05) is 31.4 Å². The first-order valence-electron chi connectivity index (χ1n) is 11.1. The number of likely N-dealkylation sites (tertiary alicyclic amines) is 1. The van der Waals surface area contributed by atoms with Crippen LogP contribution in [0.1, 0.15) is 68.4 Å². The molecule has 0 atom stereocenters. The fraction of sp³-hybridized carbons (Fsp3) is 0.542. The number of hydrogen-bond donors (Lipinski definition) is 1. The molecule has 7 nitrogen and oxygen atoms in total. The van der Waals surface area contributed by atoms with Crippen LogP contribution >= 0.6 is 0 Å². The number of hydrogen-bond acceptors (Lipinski definition) is 6. The lowest BCUT2D eigenvalue weighted by Gasteiger charge is -2.31. The zero-order valence-electron chi connectivity index (χ0n) is 18.1. The van der Waals surface area contributed by atoms with Crippen molar-refractivity contribution in [2.24, 2.45) is 11.1 Å². The van der Waals surface area contributed by atoms with Crippen LogP contribution in [0.3, 0.4) is 0 Å². The predicted octanol–water partition coefficient (Wildman–Crippen LogP) is 3.10. The Kier molecular flexibility index (Phi) is 6.14. The number of cyclic esters (lactones) is 2. The molecule has 7 heteroatoms. The standard InChI is InChI=1S/C14H19NO3.C10H11NO2.H2/c1-10-11(9-18-12(10)16)15-8-7-14(13(15)17)5-3-2-4-6-14;11-4-3-7-1-2-9-8(5-7)6-13-10(9)12;/h2-9H2,1H3;1-2,5H,3-4,6,11H2;1H. The van der Waals surface area contributed by atoms with Crippen molar-refractivity contribution in [2.45, 2.75) is 58.5 Å². The Morgan fingerprint density at radius 1 is 1.03 bits per heavy atom. The summed E-state index contributed by atoms with van der Waals surface area (Å²) >= 11 is 0. The average Bonchev–Trinajstić information content (AvgIpc) is 3.41. The Hall–Kier alpha value is -2.67. The zero-order chi connectivity index (χ0) is 22.0. The molecule has 1 aromatic rings. The smallest absolute Gasteiger partial charge is 0.338 e. The van der Waals surface area contributed by atoms with Gasteiger partial charge >= 0.3 is 11.9 Å². The van der Waals surface area contributed by atoms with Gasteiger partial charge in [0.25, 0.3) is 0 Å². The topological polar surface area (TPSA) is 98.9 Å². The van der Waals surface area contributed by atoms with Gasteiger partial charge in [-0.2, -0.15) is 0 Å². The molecular weight excluding hydrogens is 396 g/mol. The minimum atomic E-state index is -0.276. The molecule has 1 amide bonds. The van der Waals surface area contributed by atoms with Gasteiger partial charge in [-0.25, -0.2) is 9.59 Å². The summed E-state index contributed by atoms with van der Waals surface area (Å²) in [7, 11) is 0. The molecule has 1 spiro atoms. The number of ether oxygens (including phenoxy) is 2. The number of fused-ring (bicyclic) bond motifs is 1. The molecule has 2 fully saturated rings. The first kappa shape index (κ1) is 21.6. The van der Waals surface area contributed by atoms with Crippen LogP contribution in [0.2, 0.25) is 0 Å². The van der Waals surface area contributed by atoms with E-state index in [0.717, 1.165) is 56.3 Å². The molecule has 1 saturated heterocycles. The largest absolute Gasteiger partial charge is 0.457 e. The number of benzene rings is 1. The first-order valence-corrected chi connectivity index (χ1v) is 11.1.